The van der Waals surface area contributed by atoms with Gasteiger partial charge in [-0.1, -0.05) is 72.8 Å². The number of benzene rings is 3. The van der Waals surface area contributed by atoms with E-state index in [-0.39, 0.29) is 29.5 Å². The smallest absolute Gasteiger partial charge is 0.259 e. The van der Waals surface area contributed by atoms with E-state index in [0.29, 0.717) is 12.0 Å². The zero-order valence-electron chi connectivity index (χ0n) is 19.7. The summed E-state index contributed by atoms with van der Waals surface area (Å²) in [5.74, 6) is -0.437. The van der Waals surface area contributed by atoms with Crippen LogP contribution < -0.4 is 16.0 Å². The van der Waals surface area contributed by atoms with Crippen molar-refractivity contribution in [2.24, 2.45) is 5.73 Å². The van der Waals surface area contributed by atoms with E-state index in [1.807, 2.05) is 62.4 Å². The maximum absolute atomic E-state index is 15.3. The summed E-state index contributed by atoms with van der Waals surface area (Å²) < 4.78 is 22.2. The molecule has 0 aliphatic rings. The zero-order valence-corrected chi connectivity index (χ0v) is 19.7. The van der Waals surface area contributed by atoms with Gasteiger partial charge in [0, 0.05) is 23.8 Å². The number of methoxy groups -OCH3 is 1. The minimum Gasteiger partial charge on any atom is -0.494 e. The van der Waals surface area contributed by atoms with Crippen molar-refractivity contribution < 1.29 is 9.13 Å². The summed E-state index contributed by atoms with van der Waals surface area (Å²) in [5, 5.41) is 0. The lowest BCUT2D eigenvalue weighted by molar-refractivity contribution is 0.387. The molecule has 0 amide bonds. The molecule has 34 heavy (non-hydrogen) atoms. The quantitative estimate of drug-likeness (QED) is 0.396. The van der Waals surface area contributed by atoms with Crippen molar-refractivity contribution in [3.8, 4) is 16.9 Å². The van der Waals surface area contributed by atoms with Crippen LogP contribution in [-0.2, 0) is 13.0 Å². The first-order valence-corrected chi connectivity index (χ1v) is 11.3. The first kappa shape index (κ1) is 23.5. The number of pyridine rings is 1. The van der Waals surface area contributed by atoms with Crippen molar-refractivity contribution in [3.05, 3.63) is 123 Å². The number of aromatic nitrogens is 1. The van der Waals surface area contributed by atoms with E-state index in [9.17, 15) is 4.79 Å². The summed E-state index contributed by atoms with van der Waals surface area (Å²) in [6, 6.07) is 24.2. The first-order chi connectivity index (χ1) is 16.4. The molecule has 1 heterocycles. The third-order valence-corrected chi connectivity index (χ3v) is 6.41. The van der Waals surface area contributed by atoms with Crippen LogP contribution in [0.15, 0.2) is 83.7 Å². The lowest BCUT2D eigenvalue weighted by Crippen LogP contribution is -2.31. The van der Waals surface area contributed by atoms with Gasteiger partial charge in [-0.2, -0.15) is 0 Å². The second kappa shape index (κ2) is 10.1. The Bertz CT molecular complexity index is 1350. The molecule has 3 aromatic carbocycles. The van der Waals surface area contributed by atoms with E-state index in [0.717, 1.165) is 27.9 Å². The summed E-state index contributed by atoms with van der Waals surface area (Å²) in [6.07, 6.45) is 0.623. The highest BCUT2D eigenvalue weighted by Crippen LogP contribution is 2.32. The van der Waals surface area contributed by atoms with E-state index < -0.39 is 5.82 Å². The molecular weight excluding hydrogens is 427 g/mol. The van der Waals surface area contributed by atoms with Gasteiger partial charge in [-0.15, -0.1) is 0 Å². The summed E-state index contributed by atoms with van der Waals surface area (Å²) in [6.45, 7) is 4.12. The average Bonchev–Trinajstić information content (AvgIpc) is 2.86. The number of nitrogens with zero attached hydrogens (tertiary/aromatic N) is 1. The van der Waals surface area contributed by atoms with E-state index in [1.165, 1.54) is 7.11 Å². The van der Waals surface area contributed by atoms with Crippen molar-refractivity contribution in [3.63, 3.8) is 0 Å². The molecule has 2 N–H and O–H groups in total. The maximum Gasteiger partial charge on any atom is 0.259 e. The second-order valence-corrected chi connectivity index (χ2v) is 8.48. The van der Waals surface area contributed by atoms with Gasteiger partial charge in [0.15, 0.2) is 11.6 Å². The Kier molecular flexibility index (Phi) is 6.94. The molecule has 0 spiro atoms. The van der Waals surface area contributed by atoms with Crippen LogP contribution in [0.25, 0.3) is 11.1 Å². The van der Waals surface area contributed by atoms with Crippen molar-refractivity contribution in [1.29, 1.82) is 0 Å². The average molecular weight is 457 g/mol. The van der Waals surface area contributed by atoms with Crippen LogP contribution in [0.2, 0.25) is 0 Å². The van der Waals surface area contributed by atoms with Gasteiger partial charge in [0.05, 0.1) is 12.7 Å². The molecular formula is C29H29FN2O2. The van der Waals surface area contributed by atoms with E-state index in [4.69, 9.17) is 10.5 Å². The van der Waals surface area contributed by atoms with E-state index in [2.05, 4.69) is 12.1 Å². The number of hydrogen-bond donors (Lipinski definition) is 1. The van der Waals surface area contributed by atoms with Gasteiger partial charge in [0.25, 0.3) is 5.56 Å². The highest BCUT2D eigenvalue weighted by molar-refractivity contribution is 5.70. The van der Waals surface area contributed by atoms with Gasteiger partial charge in [-0.25, -0.2) is 4.39 Å². The maximum atomic E-state index is 15.3. The Morgan fingerprint density at radius 2 is 1.59 bits per heavy atom. The SMILES string of the molecule is COc1cccc(-c2c(C)c(Cc3ccccc3)c(C)n(C[C@H](N)c3ccccc3)c2=O)c1F. The van der Waals surface area contributed by atoms with Crippen LogP contribution in [0.3, 0.4) is 0 Å². The van der Waals surface area contributed by atoms with Crippen LogP contribution in [0.4, 0.5) is 4.39 Å². The van der Waals surface area contributed by atoms with Crippen LogP contribution in [0.5, 0.6) is 5.75 Å². The molecule has 1 aromatic heterocycles. The molecule has 1 atom stereocenters. The number of hydrogen-bond acceptors (Lipinski definition) is 3. The Balaban J connectivity index is 1.93. The minimum atomic E-state index is -0.543. The fourth-order valence-corrected chi connectivity index (χ4v) is 4.49. The third kappa shape index (κ3) is 4.52. The summed E-state index contributed by atoms with van der Waals surface area (Å²) in [5.41, 5.74) is 11.5. The molecule has 0 unspecified atom stereocenters. The van der Waals surface area contributed by atoms with Gasteiger partial charge in [-0.3, -0.25) is 4.79 Å². The van der Waals surface area contributed by atoms with E-state index in [1.54, 1.807) is 22.8 Å². The Morgan fingerprint density at radius 1 is 0.941 bits per heavy atom. The summed E-state index contributed by atoms with van der Waals surface area (Å²) in [7, 11) is 1.42. The standard InChI is InChI=1S/C29H29FN2O2/c1-19-24(17-21-11-6-4-7-12-21)20(2)32(18-25(31)22-13-8-5-9-14-22)29(33)27(19)23-15-10-16-26(34-3)28(23)30/h4-16,25H,17-18,31H2,1-3H3/t25-/m0/s1. The molecule has 0 aliphatic heterocycles. The van der Waals surface area contributed by atoms with E-state index >= 15 is 4.39 Å². The van der Waals surface area contributed by atoms with Crippen LogP contribution in [0, 0.1) is 19.7 Å². The van der Waals surface area contributed by atoms with Crippen molar-refractivity contribution in [2.75, 3.05) is 7.11 Å². The predicted molar refractivity (Wildman–Crippen MR) is 135 cm³/mol. The molecule has 174 valence electrons. The Labute approximate surface area is 199 Å². The second-order valence-electron chi connectivity index (χ2n) is 8.48. The fourth-order valence-electron chi connectivity index (χ4n) is 4.49. The normalized spacial score (nSPS) is 11.9. The topological polar surface area (TPSA) is 57.2 Å². The molecule has 0 saturated heterocycles. The fraction of sp³-hybridized carbons (Fsp3) is 0.207. The van der Waals surface area contributed by atoms with Gasteiger partial charge >= 0.3 is 0 Å². The monoisotopic (exact) mass is 456 g/mol. The largest absolute Gasteiger partial charge is 0.494 e. The molecule has 5 heteroatoms. The Hall–Kier alpha value is -3.70. The third-order valence-electron chi connectivity index (χ3n) is 6.41. The highest BCUT2D eigenvalue weighted by atomic mass is 19.1. The van der Waals surface area contributed by atoms with Crippen LogP contribution in [0.1, 0.15) is 34.0 Å². The van der Waals surface area contributed by atoms with Gasteiger partial charge in [-0.05, 0) is 48.6 Å². The molecule has 0 bridgehead atoms. The van der Waals surface area contributed by atoms with Crippen molar-refractivity contribution >= 4 is 0 Å². The number of nitrogens with two attached hydrogens (primary N) is 1. The summed E-state index contributed by atoms with van der Waals surface area (Å²) >= 11 is 0. The van der Waals surface area contributed by atoms with Gasteiger partial charge in [0.2, 0.25) is 0 Å². The number of rotatable bonds is 7. The molecule has 4 nitrogen and oxygen atoms in total. The molecule has 0 aliphatic carbocycles. The lowest BCUT2D eigenvalue weighted by Gasteiger charge is -2.23. The molecule has 0 fully saturated rings. The van der Waals surface area contributed by atoms with Gasteiger partial charge < -0.3 is 15.0 Å². The number of halogens is 1. The molecule has 4 rings (SSSR count). The zero-order chi connectivity index (χ0) is 24.2. The summed E-state index contributed by atoms with van der Waals surface area (Å²) in [4.78, 5) is 13.8. The van der Waals surface area contributed by atoms with Crippen LogP contribution >= 0.6 is 0 Å². The number of ether oxygens (including phenoxy) is 1. The van der Waals surface area contributed by atoms with Gasteiger partial charge in [0.1, 0.15) is 0 Å². The Morgan fingerprint density at radius 3 is 2.24 bits per heavy atom. The minimum absolute atomic E-state index is 0.106. The molecule has 0 radical (unpaired) electrons. The first-order valence-electron chi connectivity index (χ1n) is 11.3. The van der Waals surface area contributed by atoms with Crippen molar-refractivity contribution in [2.45, 2.75) is 32.9 Å². The molecule has 4 aromatic rings. The van der Waals surface area contributed by atoms with Crippen molar-refractivity contribution in [1.82, 2.24) is 4.57 Å². The molecule has 0 saturated carbocycles. The van der Waals surface area contributed by atoms with Crippen LogP contribution in [-0.4, -0.2) is 11.7 Å². The predicted octanol–water partition coefficient (Wildman–Crippen LogP) is 5.57. The highest BCUT2D eigenvalue weighted by Gasteiger charge is 2.23. The lowest BCUT2D eigenvalue weighted by atomic mass is 9.92.